The minimum Gasteiger partial charge on any atom is -0.337 e. The molecule has 4 rings (SSSR count). The van der Waals surface area contributed by atoms with Crippen LogP contribution >= 0.6 is 23.1 Å². The summed E-state index contributed by atoms with van der Waals surface area (Å²) in [5.41, 5.74) is 0.914. The number of piperidine rings is 1. The van der Waals surface area contributed by atoms with Crippen LogP contribution in [-0.4, -0.2) is 39.6 Å². The van der Waals surface area contributed by atoms with E-state index in [0.717, 1.165) is 46.9 Å². The van der Waals surface area contributed by atoms with Gasteiger partial charge in [-0.1, -0.05) is 18.2 Å². The van der Waals surface area contributed by atoms with Gasteiger partial charge in [-0.05, 0) is 43.0 Å². The second-order valence-corrected chi connectivity index (χ2v) is 8.27. The van der Waals surface area contributed by atoms with Gasteiger partial charge in [0.05, 0.1) is 15.2 Å². The monoisotopic (exact) mass is 369 g/mol. The van der Waals surface area contributed by atoms with E-state index < -0.39 is 0 Å². The molecule has 0 saturated carbocycles. The number of nitrogens with zero attached hydrogens (tertiary/aromatic N) is 3. The quantitative estimate of drug-likeness (QED) is 0.642. The largest absolute Gasteiger partial charge is 0.337 e. The predicted molar refractivity (Wildman–Crippen MR) is 103 cm³/mol. The van der Waals surface area contributed by atoms with Gasteiger partial charge in [-0.2, -0.15) is 0 Å². The van der Waals surface area contributed by atoms with Crippen LogP contribution in [0.5, 0.6) is 0 Å². The zero-order valence-electron chi connectivity index (χ0n) is 13.8. The molecule has 1 aliphatic rings. The molecule has 2 aromatic heterocycles. The van der Waals surface area contributed by atoms with Crippen molar-refractivity contribution in [3.8, 4) is 0 Å². The molecule has 128 valence electrons. The molecule has 1 saturated heterocycles. The number of para-hydroxylation sites is 1. The highest BCUT2D eigenvalue weighted by Gasteiger charge is 2.25. The fourth-order valence-corrected chi connectivity index (χ4v) is 5.02. The number of fused-ring (bicyclic) bond motifs is 1. The van der Waals surface area contributed by atoms with E-state index in [4.69, 9.17) is 0 Å². The molecule has 0 bridgehead atoms. The van der Waals surface area contributed by atoms with Crippen molar-refractivity contribution < 1.29 is 4.79 Å². The lowest BCUT2D eigenvalue weighted by atomic mass is 9.99. The first-order chi connectivity index (χ1) is 12.3. The summed E-state index contributed by atoms with van der Waals surface area (Å²) < 4.78 is 1.08. The molecular formula is C19H19N3OS2. The van der Waals surface area contributed by atoms with Crippen LogP contribution in [-0.2, 0) is 0 Å². The van der Waals surface area contributed by atoms with Crippen LogP contribution in [0.25, 0.3) is 10.2 Å². The molecule has 0 unspecified atom stereocenters. The molecule has 3 aromatic rings. The number of thioether (sulfide) groups is 1. The van der Waals surface area contributed by atoms with Crippen LogP contribution in [0.15, 0.2) is 53.7 Å². The number of pyridine rings is 1. The number of thiazole rings is 1. The molecule has 3 heterocycles. The van der Waals surface area contributed by atoms with Crippen molar-refractivity contribution in [2.24, 2.45) is 5.92 Å². The summed E-state index contributed by atoms with van der Waals surface area (Å²) in [5.74, 6) is 1.80. The van der Waals surface area contributed by atoms with Crippen molar-refractivity contribution in [2.45, 2.75) is 17.9 Å². The van der Waals surface area contributed by atoms with E-state index in [1.54, 1.807) is 0 Å². The van der Waals surface area contributed by atoms with Crippen LogP contribution in [0.2, 0.25) is 0 Å². The zero-order valence-corrected chi connectivity index (χ0v) is 15.4. The zero-order chi connectivity index (χ0) is 17.1. The van der Waals surface area contributed by atoms with E-state index in [1.807, 2.05) is 59.3 Å². The smallest absolute Gasteiger partial charge is 0.282 e. The Hall–Kier alpha value is -1.92. The van der Waals surface area contributed by atoms with Gasteiger partial charge in [-0.15, -0.1) is 23.1 Å². The first-order valence-corrected chi connectivity index (χ1v) is 10.3. The Morgan fingerprint density at radius 1 is 1.16 bits per heavy atom. The van der Waals surface area contributed by atoms with Crippen molar-refractivity contribution in [1.29, 1.82) is 0 Å². The van der Waals surface area contributed by atoms with Crippen LogP contribution in [0.4, 0.5) is 0 Å². The molecule has 0 N–H and O–H groups in total. The molecule has 1 amide bonds. The third-order valence-corrected chi connectivity index (χ3v) is 6.68. The molecule has 6 heteroatoms. The topological polar surface area (TPSA) is 46.1 Å². The van der Waals surface area contributed by atoms with Gasteiger partial charge in [-0.25, -0.2) is 9.97 Å². The Morgan fingerprint density at radius 3 is 2.72 bits per heavy atom. The fourth-order valence-electron chi connectivity index (χ4n) is 3.04. The molecular weight excluding hydrogens is 350 g/mol. The first kappa shape index (κ1) is 16.5. The number of amides is 1. The summed E-state index contributed by atoms with van der Waals surface area (Å²) >= 11 is 3.30. The van der Waals surface area contributed by atoms with Crippen LogP contribution < -0.4 is 0 Å². The second-order valence-electron chi connectivity index (χ2n) is 6.20. The number of likely N-dealkylation sites (tertiary alicyclic amines) is 1. The molecule has 0 aliphatic carbocycles. The van der Waals surface area contributed by atoms with E-state index in [1.165, 1.54) is 11.3 Å². The maximum atomic E-state index is 12.7. The number of hydrogen-bond acceptors (Lipinski definition) is 5. The van der Waals surface area contributed by atoms with E-state index in [2.05, 4.69) is 16.0 Å². The molecule has 0 radical (unpaired) electrons. The van der Waals surface area contributed by atoms with Gasteiger partial charge < -0.3 is 4.90 Å². The number of aromatic nitrogens is 2. The summed E-state index contributed by atoms with van der Waals surface area (Å²) in [7, 11) is 0. The lowest BCUT2D eigenvalue weighted by molar-refractivity contribution is 0.0698. The van der Waals surface area contributed by atoms with Crippen LogP contribution in [0, 0.1) is 5.92 Å². The van der Waals surface area contributed by atoms with Crippen molar-refractivity contribution in [2.75, 3.05) is 18.8 Å². The fraction of sp³-hybridized carbons (Fsp3) is 0.316. The molecule has 0 spiro atoms. The van der Waals surface area contributed by atoms with E-state index in [9.17, 15) is 4.79 Å². The summed E-state index contributed by atoms with van der Waals surface area (Å²) in [5, 5.41) is 1.69. The SMILES string of the molecule is O=C(c1nc2ccccc2s1)N1CCC(CSc2ccccn2)CC1. The van der Waals surface area contributed by atoms with Gasteiger partial charge in [0.25, 0.3) is 5.91 Å². The average molecular weight is 370 g/mol. The number of carbonyl (C=O) groups excluding carboxylic acids is 1. The molecule has 4 nitrogen and oxygen atoms in total. The van der Waals surface area contributed by atoms with Crippen molar-refractivity contribution in [3.05, 3.63) is 53.7 Å². The third-order valence-electron chi connectivity index (χ3n) is 4.48. The van der Waals surface area contributed by atoms with Crippen molar-refractivity contribution >= 4 is 39.2 Å². The molecule has 1 fully saturated rings. The first-order valence-electron chi connectivity index (χ1n) is 8.48. The van der Waals surface area contributed by atoms with Gasteiger partial charge >= 0.3 is 0 Å². The maximum absolute atomic E-state index is 12.7. The van der Waals surface area contributed by atoms with Crippen LogP contribution in [0.1, 0.15) is 22.6 Å². The summed E-state index contributed by atoms with van der Waals surface area (Å²) in [4.78, 5) is 23.5. The molecule has 0 atom stereocenters. The van der Waals surface area contributed by atoms with Crippen molar-refractivity contribution in [3.63, 3.8) is 0 Å². The van der Waals surface area contributed by atoms with Crippen LogP contribution in [0.3, 0.4) is 0 Å². The number of benzene rings is 1. The van der Waals surface area contributed by atoms with E-state index >= 15 is 0 Å². The highest BCUT2D eigenvalue weighted by Crippen LogP contribution is 2.27. The second kappa shape index (κ2) is 7.54. The number of rotatable bonds is 4. The predicted octanol–water partition coefficient (Wildman–Crippen LogP) is 4.34. The Kier molecular flexibility index (Phi) is 4.99. The highest BCUT2D eigenvalue weighted by atomic mass is 32.2. The van der Waals surface area contributed by atoms with E-state index in [0.29, 0.717) is 10.9 Å². The summed E-state index contributed by atoms with van der Waals surface area (Å²) in [6.07, 6.45) is 3.94. The normalized spacial score (nSPS) is 15.6. The minimum absolute atomic E-state index is 0.0806. The summed E-state index contributed by atoms with van der Waals surface area (Å²) in [6.45, 7) is 1.64. The minimum atomic E-state index is 0.0806. The molecule has 25 heavy (non-hydrogen) atoms. The lowest BCUT2D eigenvalue weighted by Gasteiger charge is -2.31. The molecule has 1 aliphatic heterocycles. The Balaban J connectivity index is 1.32. The third kappa shape index (κ3) is 3.85. The highest BCUT2D eigenvalue weighted by molar-refractivity contribution is 7.99. The number of hydrogen-bond donors (Lipinski definition) is 0. The molecule has 1 aromatic carbocycles. The standard InChI is InChI=1S/C19H19N3OS2/c23-19(18-21-15-5-1-2-6-16(15)25-18)22-11-8-14(9-12-22)13-24-17-7-3-4-10-20-17/h1-7,10,14H,8-9,11-13H2. The van der Waals surface area contributed by atoms with Gasteiger partial charge in [0.15, 0.2) is 5.01 Å². The van der Waals surface area contributed by atoms with Crippen molar-refractivity contribution in [1.82, 2.24) is 14.9 Å². The Morgan fingerprint density at radius 2 is 1.96 bits per heavy atom. The maximum Gasteiger partial charge on any atom is 0.282 e. The Bertz CT molecular complexity index is 824. The average Bonchev–Trinajstić information content (AvgIpc) is 3.11. The number of carbonyl (C=O) groups is 1. The Labute approximate surface area is 155 Å². The summed E-state index contributed by atoms with van der Waals surface area (Å²) in [6, 6.07) is 13.9. The lowest BCUT2D eigenvalue weighted by Crippen LogP contribution is -2.38. The van der Waals surface area contributed by atoms with Gasteiger partial charge in [0.1, 0.15) is 0 Å². The van der Waals surface area contributed by atoms with Gasteiger partial charge in [0, 0.05) is 25.0 Å². The van der Waals surface area contributed by atoms with Gasteiger partial charge in [-0.3, -0.25) is 4.79 Å². The van der Waals surface area contributed by atoms with E-state index in [-0.39, 0.29) is 5.91 Å². The van der Waals surface area contributed by atoms with Gasteiger partial charge in [0.2, 0.25) is 0 Å².